The van der Waals surface area contributed by atoms with Gasteiger partial charge in [-0.05, 0) is 90.3 Å². The van der Waals surface area contributed by atoms with Crippen molar-refractivity contribution in [2.45, 2.75) is 138 Å². The van der Waals surface area contributed by atoms with Gasteiger partial charge in [-0.25, -0.2) is 27.0 Å². The molecule has 20 heteroatoms. The predicted molar refractivity (Wildman–Crippen MR) is 203 cm³/mol. The van der Waals surface area contributed by atoms with Crippen LogP contribution in [0.3, 0.4) is 0 Å². The molecular weight excluding hydrogens is 829 g/mol. The van der Waals surface area contributed by atoms with Crippen LogP contribution < -0.4 is 20.1 Å². The lowest BCUT2D eigenvalue weighted by molar-refractivity contribution is -0.244. The molecule has 1 aromatic heterocycles. The van der Waals surface area contributed by atoms with Crippen molar-refractivity contribution in [3.8, 4) is 5.75 Å². The lowest BCUT2D eigenvalue weighted by Crippen LogP contribution is -2.59. The van der Waals surface area contributed by atoms with Crippen LogP contribution in [0.1, 0.15) is 103 Å². The maximum atomic E-state index is 14.7. The van der Waals surface area contributed by atoms with Crippen molar-refractivity contribution in [1.82, 2.24) is 25.2 Å². The smallest absolute Gasteiger partial charge is 0.427 e. The first-order valence-corrected chi connectivity index (χ1v) is 21.4. The van der Waals surface area contributed by atoms with Gasteiger partial charge in [0.25, 0.3) is 12.3 Å². The molecule has 2 aliphatic carbocycles. The Bertz CT molecular complexity index is 2220. The number of halogens is 6. The van der Waals surface area contributed by atoms with Gasteiger partial charge in [0.1, 0.15) is 28.9 Å². The van der Waals surface area contributed by atoms with Crippen molar-refractivity contribution in [3.05, 3.63) is 46.6 Å². The monoisotopic (exact) mass is 873 g/mol. The Kier molecular flexibility index (Phi) is 10.9. The highest BCUT2D eigenvalue weighted by Crippen LogP contribution is 2.50. The number of carbonyl (C=O) groups is 4. The summed E-state index contributed by atoms with van der Waals surface area (Å²) in [5.41, 5.74) is -6.19. The molecule has 13 nitrogen and oxygen atoms in total. The Morgan fingerprint density at radius 3 is 2.51 bits per heavy atom. The maximum absolute atomic E-state index is 14.7. The fraction of sp³-hybridized carbons (Fsp3) is 0.615. The summed E-state index contributed by atoms with van der Waals surface area (Å²) in [6.07, 6.45) is -3.57. The number of amides is 4. The van der Waals surface area contributed by atoms with Crippen LogP contribution in [-0.4, -0.2) is 88.4 Å². The van der Waals surface area contributed by atoms with Gasteiger partial charge in [-0.3, -0.25) is 19.1 Å². The first kappa shape index (κ1) is 42.8. The highest BCUT2D eigenvalue weighted by atomic mass is 35.5. The first-order chi connectivity index (χ1) is 27.5. The number of nitrogens with one attached hydrogen (secondary N) is 3. The van der Waals surface area contributed by atoms with E-state index in [1.807, 2.05) is 0 Å². The number of nitrogens with zero attached hydrogens (tertiary/aromatic N) is 2. The Morgan fingerprint density at radius 1 is 1.10 bits per heavy atom. The van der Waals surface area contributed by atoms with Crippen LogP contribution in [-0.2, 0) is 35.6 Å². The van der Waals surface area contributed by atoms with Crippen molar-refractivity contribution < 1.29 is 59.0 Å². The number of pyridine rings is 1. The molecule has 5 aliphatic rings. The molecule has 59 heavy (non-hydrogen) atoms. The number of ether oxygens (including phenoxy) is 2. The van der Waals surface area contributed by atoms with E-state index < -0.39 is 98.2 Å². The first-order valence-electron chi connectivity index (χ1n) is 19.5. The van der Waals surface area contributed by atoms with Crippen LogP contribution >= 0.6 is 11.6 Å². The molecule has 4 amide bonds. The van der Waals surface area contributed by atoms with Gasteiger partial charge < -0.3 is 25.0 Å². The number of hydrogen-bond donors (Lipinski definition) is 3. The molecule has 7 rings (SSSR count). The molecule has 4 heterocycles. The number of aromatic nitrogens is 1. The molecule has 1 saturated heterocycles. The van der Waals surface area contributed by atoms with E-state index in [2.05, 4.69) is 20.3 Å². The Morgan fingerprint density at radius 2 is 1.83 bits per heavy atom. The summed E-state index contributed by atoms with van der Waals surface area (Å²) >= 11 is 6.26. The molecule has 0 radical (unpaired) electrons. The third-order valence-corrected chi connectivity index (χ3v) is 14.7. The summed E-state index contributed by atoms with van der Waals surface area (Å²) < 4.78 is 109. The number of fused-ring (bicyclic) bond motifs is 5. The fourth-order valence-electron chi connectivity index (χ4n) is 8.14. The lowest BCUT2D eigenvalue weighted by atomic mass is 9.87. The zero-order chi connectivity index (χ0) is 42.9. The SMILES string of the molecule is CC(C)(OC(=O)N[C@H]1CCCCC/C=C\[C@@H]2C[C@@]2(C(=O)NS(=O)(=O)C2(C)CC2)NC(=O)[C@@H]2C[C@]3(CCc4c(c(C(F)F)nc5ccc(Cl)cc45)O3)CN2C1=O)C(F)(F)F. The van der Waals surface area contributed by atoms with E-state index in [0.717, 1.165) is 4.90 Å². The second-order valence-electron chi connectivity index (χ2n) is 17.1. The fourth-order valence-corrected chi connectivity index (χ4v) is 9.62. The summed E-state index contributed by atoms with van der Waals surface area (Å²) in [4.78, 5) is 61.4. The van der Waals surface area contributed by atoms with Crippen LogP contribution in [0, 0.1) is 5.92 Å². The lowest BCUT2D eigenvalue weighted by Gasteiger charge is -2.37. The molecule has 0 bridgehead atoms. The zero-order valence-corrected chi connectivity index (χ0v) is 34.1. The van der Waals surface area contributed by atoms with E-state index in [-0.39, 0.29) is 43.4 Å². The average Bonchev–Trinajstić information content (AvgIpc) is 4.03. The highest BCUT2D eigenvalue weighted by molar-refractivity contribution is 7.91. The van der Waals surface area contributed by atoms with Gasteiger partial charge in [0.15, 0.2) is 5.75 Å². The van der Waals surface area contributed by atoms with Gasteiger partial charge in [-0.1, -0.05) is 36.6 Å². The van der Waals surface area contributed by atoms with Crippen molar-refractivity contribution in [1.29, 1.82) is 0 Å². The number of hydrogen-bond acceptors (Lipinski definition) is 9. The minimum absolute atomic E-state index is 0.0348. The van der Waals surface area contributed by atoms with Crippen molar-refractivity contribution in [3.63, 3.8) is 0 Å². The van der Waals surface area contributed by atoms with Crippen molar-refractivity contribution >= 4 is 56.3 Å². The number of carbonyl (C=O) groups excluding carboxylic acids is 4. The Hall–Kier alpha value is -4.26. The Balaban J connectivity index is 1.25. The van der Waals surface area contributed by atoms with Crippen LogP contribution in [0.25, 0.3) is 10.9 Å². The van der Waals surface area contributed by atoms with Gasteiger partial charge in [0, 0.05) is 28.3 Å². The topological polar surface area (TPSA) is 173 Å². The molecule has 2 saturated carbocycles. The van der Waals surface area contributed by atoms with Crippen molar-refractivity contribution in [2.24, 2.45) is 5.92 Å². The molecule has 5 atom stereocenters. The predicted octanol–water partition coefficient (Wildman–Crippen LogP) is 6.32. The minimum Gasteiger partial charge on any atom is -0.483 e. The number of sulfonamides is 1. The normalized spacial score (nSPS) is 28.9. The molecule has 322 valence electrons. The third kappa shape index (κ3) is 8.16. The second-order valence-corrected chi connectivity index (χ2v) is 19.7. The van der Waals surface area contributed by atoms with Crippen LogP contribution in [0.15, 0.2) is 30.4 Å². The summed E-state index contributed by atoms with van der Waals surface area (Å²) in [7, 11) is -4.14. The highest BCUT2D eigenvalue weighted by Gasteiger charge is 2.64. The number of aryl methyl sites for hydroxylation is 1. The standard InChI is InChI=1S/C39H45ClF5N5O8S/c1-35(2,39(43,44)45)58-34(54)47-26-10-8-6-4-5-7-9-21-18-38(21,33(53)49-59(55,56)36(3)15-16-36)48-31(51)27-19-37(20-50(27)32(26)52)14-13-23-24-17-22(40)11-12-25(24)46-28(30(41)42)29(23)57-37/h7,9,11-12,17,21,26-27,30H,4-6,8,10,13-16,18-20H2,1-3H3,(H,47,54)(H,48,51)(H,49,53)/b9-7-/t21-,26+,27+,37-,38-/m1/s1. The number of benzene rings is 1. The number of rotatable bonds is 6. The quantitative estimate of drug-likeness (QED) is 0.222. The van der Waals surface area contributed by atoms with E-state index in [4.69, 9.17) is 21.1 Å². The van der Waals surface area contributed by atoms with Gasteiger partial charge in [-0.2, -0.15) is 13.2 Å². The summed E-state index contributed by atoms with van der Waals surface area (Å²) in [6, 6.07) is 1.59. The molecule has 3 N–H and O–H groups in total. The largest absolute Gasteiger partial charge is 0.483 e. The van der Waals surface area contributed by atoms with Gasteiger partial charge in [0.2, 0.25) is 27.4 Å². The van der Waals surface area contributed by atoms with E-state index in [1.165, 1.54) is 19.1 Å². The summed E-state index contributed by atoms with van der Waals surface area (Å²) in [5, 5.41) is 5.78. The van der Waals surface area contributed by atoms with E-state index in [0.29, 0.717) is 68.3 Å². The maximum Gasteiger partial charge on any atom is 0.427 e. The minimum atomic E-state index is -4.95. The zero-order valence-electron chi connectivity index (χ0n) is 32.5. The molecule has 1 aromatic carbocycles. The molecule has 1 spiro atoms. The van der Waals surface area contributed by atoms with Crippen molar-refractivity contribution in [2.75, 3.05) is 6.54 Å². The number of alkyl carbamates (subject to hydrolysis) is 1. The summed E-state index contributed by atoms with van der Waals surface area (Å²) in [6.45, 7) is 2.40. The molecule has 2 aromatic rings. The van der Waals surface area contributed by atoms with E-state index >= 15 is 0 Å². The third-order valence-electron chi connectivity index (χ3n) is 12.3. The van der Waals surface area contributed by atoms with Crippen LogP contribution in [0.2, 0.25) is 5.02 Å². The van der Waals surface area contributed by atoms with Gasteiger partial charge >= 0.3 is 12.3 Å². The molecule has 0 unspecified atom stereocenters. The van der Waals surface area contributed by atoms with Crippen LogP contribution in [0.5, 0.6) is 5.75 Å². The second kappa shape index (κ2) is 15.0. The van der Waals surface area contributed by atoms with Crippen LogP contribution in [0.4, 0.5) is 26.7 Å². The van der Waals surface area contributed by atoms with Gasteiger partial charge in [-0.15, -0.1) is 0 Å². The van der Waals surface area contributed by atoms with E-state index in [1.54, 1.807) is 18.2 Å². The molecule has 3 aliphatic heterocycles. The molecule has 3 fully saturated rings. The van der Waals surface area contributed by atoms with E-state index in [9.17, 15) is 49.5 Å². The number of allylic oxidation sites excluding steroid dienone is 1. The molecular formula is C39H45ClF5N5O8S. The summed E-state index contributed by atoms with van der Waals surface area (Å²) in [5.74, 6) is -3.60. The van der Waals surface area contributed by atoms with Gasteiger partial charge in [0.05, 0.1) is 16.8 Å². The Labute approximate surface area is 342 Å². The average molecular weight is 874 g/mol. The number of alkyl halides is 5.